The summed E-state index contributed by atoms with van der Waals surface area (Å²) in [5.74, 6) is -3.55. The van der Waals surface area contributed by atoms with E-state index in [0.29, 0.717) is 4.90 Å². The quantitative estimate of drug-likeness (QED) is 0.851. The molecule has 0 spiro atoms. The molecule has 0 bridgehead atoms. The van der Waals surface area contributed by atoms with E-state index in [1.165, 1.54) is 0 Å². The zero-order valence-electron chi connectivity index (χ0n) is 10.6. The van der Waals surface area contributed by atoms with E-state index >= 15 is 0 Å². The molecule has 1 amide bonds. The third kappa shape index (κ3) is 3.23. The zero-order valence-corrected chi connectivity index (χ0v) is 10.6. The average Bonchev–Trinajstić information content (AvgIpc) is 2.42. The molecule has 0 radical (unpaired) electrons. The Balaban J connectivity index is 1.93. The number of rotatable bonds is 2. The molecule has 0 saturated carbocycles. The minimum absolute atomic E-state index is 0.0413. The molecule has 1 saturated heterocycles. The molecule has 2 N–H and O–H groups in total. The van der Waals surface area contributed by atoms with E-state index in [4.69, 9.17) is 9.84 Å². The predicted octanol–water partition coefficient (Wildman–Crippen LogP) is 0.996. The average molecular weight is 287 g/mol. The first-order chi connectivity index (χ1) is 9.40. The van der Waals surface area contributed by atoms with Crippen molar-refractivity contribution in [2.75, 3.05) is 13.1 Å². The Labute approximate surface area is 114 Å². The highest BCUT2D eigenvalue weighted by Crippen LogP contribution is 2.28. The van der Waals surface area contributed by atoms with E-state index in [1.54, 1.807) is 30.3 Å². The lowest BCUT2D eigenvalue weighted by atomic mass is 10.0. The molecule has 7 heteroatoms. The molecule has 5 nitrogen and oxygen atoms in total. The number of carbonyl (C=O) groups excluding carboxylic acids is 1. The predicted molar refractivity (Wildman–Crippen MR) is 65.2 cm³/mol. The van der Waals surface area contributed by atoms with Gasteiger partial charge in [-0.3, -0.25) is 4.90 Å². The lowest BCUT2D eigenvalue weighted by molar-refractivity contribution is -0.188. The number of likely N-dealkylation sites (tertiary alicyclic amines) is 1. The van der Waals surface area contributed by atoms with Gasteiger partial charge in [0.05, 0.1) is 13.1 Å². The summed E-state index contributed by atoms with van der Waals surface area (Å²) in [7, 11) is 0. The molecular weight excluding hydrogens is 272 g/mol. The maximum atomic E-state index is 13.4. The molecule has 1 fully saturated rings. The summed E-state index contributed by atoms with van der Waals surface area (Å²) >= 11 is 0. The number of aliphatic hydroxyl groups is 2. The standard InChI is InChI=1S/C13H15F2NO4/c14-13(15)8-16(6-10(17)11(13)18)12(19)20-7-9-4-2-1-3-5-9/h1-5,10-11,17-18H,6-8H2/t10-,11-/m0/s1. The van der Waals surface area contributed by atoms with Crippen LogP contribution in [0.15, 0.2) is 30.3 Å². The summed E-state index contributed by atoms with van der Waals surface area (Å²) in [6, 6.07) is 8.79. The molecule has 0 aromatic heterocycles. The molecule has 0 aliphatic carbocycles. The van der Waals surface area contributed by atoms with Gasteiger partial charge in [0, 0.05) is 0 Å². The van der Waals surface area contributed by atoms with E-state index in [0.717, 1.165) is 5.56 Å². The van der Waals surface area contributed by atoms with Crippen molar-refractivity contribution in [3.05, 3.63) is 35.9 Å². The Kier molecular flexibility index (Phi) is 4.20. The lowest BCUT2D eigenvalue weighted by Gasteiger charge is -2.38. The Bertz CT molecular complexity index is 469. The topological polar surface area (TPSA) is 70.0 Å². The summed E-state index contributed by atoms with van der Waals surface area (Å²) in [5.41, 5.74) is 0.727. The van der Waals surface area contributed by atoms with Crippen LogP contribution in [0.25, 0.3) is 0 Å². The number of hydrogen-bond acceptors (Lipinski definition) is 4. The van der Waals surface area contributed by atoms with Crippen LogP contribution < -0.4 is 0 Å². The number of benzene rings is 1. The van der Waals surface area contributed by atoms with Crippen LogP contribution in [0.1, 0.15) is 5.56 Å². The van der Waals surface area contributed by atoms with Gasteiger partial charge in [-0.1, -0.05) is 30.3 Å². The van der Waals surface area contributed by atoms with Gasteiger partial charge in [-0.05, 0) is 5.56 Å². The van der Waals surface area contributed by atoms with Gasteiger partial charge in [0.25, 0.3) is 5.92 Å². The number of halogens is 2. The number of nitrogens with zero attached hydrogens (tertiary/aromatic N) is 1. The largest absolute Gasteiger partial charge is 0.445 e. The maximum Gasteiger partial charge on any atom is 0.410 e. The number of piperidine rings is 1. The van der Waals surface area contributed by atoms with Crippen molar-refractivity contribution in [3.8, 4) is 0 Å². The Morgan fingerprint density at radius 2 is 2.00 bits per heavy atom. The van der Waals surface area contributed by atoms with Crippen molar-refractivity contribution in [2.24, 2.45) is 0 Å². The molecule has 1 aromatic rings. The SMILES string of the molecule is O=C(OCc1ccccc1)N1C[C@H](O)[C@H](O)C(F)(F)C1. The number of ether oxygens (including phenoxy) is 1. The molecule has 2 atom stereocenters. The number of amides is 1. The number of hydrogen-bond donors (Lipinski definition) is 2. The van der Waals surface area contributed by atoms with Crippen molar-refractivity contribution >= 4 is 6.09 Å². The summed E-state index contributed by atoms with van der Waals surface area (Å²) in [6.07, 6.45) is -4.80. The number of aliphatic hydroxyl groups excluding tert-OH is 2. The second-order valence-electron chi connectivity index (χ2n) is 4.69. The Hall–Kier alpha value is -1.73. The highest BCUT2D eigenvalue weighted by Gasteiger charge is 2.50. The molecule has 2 rings (SSSR count). The lowest BCUT2D eigenvalue weighted by Crippen LogP contribution is -2.60. The van der Waals surface area contributed by atoms with Gasteiger partial charge in [-0.15, -0.1) is 0 Å². The molecule has 0 unspecified atom stereocenters. The molecule has 20 heavy (non-hydrogen) atoms. The summed E-state index contributed by atoms with van der Waals surface area (Å²) < 4.78 is 31.6. The molecule has 1 aliphatic rings. The molecule has 1 aliphatic heterocycles. The first kappa shape index (κ1) is 14.7. The van der Waals surface area contributed by atoms with Crippen molar-refractivity contribution in [1.29, 1.82) is 0 Å². The fourth-order valence-electron chi connectivity index (χ4n) is 1.97. The molecule has 110 valence electrons. The van der Waals surface area contributed by atoms with Crippen molar-refractivity contribution < 1.29 is 28.5 Å². The zero-order chi connectivity index (χ0) is 14.8. The van der Waals surface area contributed by atoms with Crippen LogP contribution >= 0.6 is 0 Å². The Morgan fingerprint density at radius 1 is 1.35 bits per heavy atom. The van der Waals surface area contributed by atoms with Crippen LogP contribution in [0, 0.1) is 0 Å². The minimum Gasteiger partial charge on any atom is -0.445 e. The van der Waals surface area contributed by atoms with E-state index in [-0.39, 0.29) is 13.2 Å². The van der Waals surface area contributed by atoms with Crippen LogP contribution in [-0.4, -0.2) is 52.4 Å². The van der Waals surface area contributed by atoms with Crippen LogP contribution in [0.3, 0.4) is 0 Å². The normalized spacial score (nSPS) is 25.3. The highest BCUT2D eigenvalue weighted by molar-refractivity contribution is 5.68. The number of alkyl halides is 2. The van der Waals surface area contributed by atoms with Gasteiger partial charge in [0.15, 0.2) is 0 Å². The minimum atomic E-state index is -3.55. The van der Waals surface area contributed by atoms with Crippen LogP contribution in [0.4, 0.5) is 13.6 Å². The van der Waals surface area contributed by atoms with Crippen LogP contribution in [-0.2, 0) is 11.3 Å². The summed E-state index contributed by atoms with van der Waals surface area (Å²) in [6.45, 7) is -1.40. The van der Waals surface area contributed by atoms with Crippen molar-refractivity contribution in [1.82, 2.24) is 4.90 Å². The third-order valence-corrected chi connectivity index (χ3v) is 3.07. The van der Waals surface area contributed by atoms with E-state index in [2.05, 4.69) is 0 Å². The molecular formula is C13H15F2NO4. The smallest absolute Gasteiger partial charge is 0.410 e. The van der Waals surface area contributed by atoms with Gasteiger partial charge in [0.2, 0.25) is 0 Å². The number of carbonyl (C=O) groups is 1. The fourth-order valence-corrected chi connectivity index (χ4v) is 1.97. The fraction of sp³-hybridized carbons (Fsp3) is 0.462. The van der Waals surface area contributed by atoms with E-state index < -0.39 is 30.8 Å². The van der Waals surface area contributed by atoms with Gasteiger partial charge in [-0.25, -0.2) is 13.6 Å². The van der Waals surface area contributed by atoms with Gasteiger partial charge < -0.3 is 14.9 Å². The van der Waals surface area contributed by atoms with Gasteiger partial charge in [-0.2, -0.15) is 0 Å². The van der Waals surface area contributed by atoms with Gasteiger partial charge in [0.1, 0.15) is 18.8 Å². The highest BCUT2D eigenvalue weighted by atomic mass is 19.3. The first-order valence-electron chi connectivity index (χ1n) is 6.10. The second kappa shape index (κ2) is 5.72. The van der Waals surface area contributed by atoms with Gasteiger partial charge >= 0.3 is 6.09 Å². The third-order valence-electron chi connectivity index (χ3n) is 3.07. The van der Waals surface area contributed by atoms with E-state index in [1.807, 2.05) is 0 Å². The summed E-state index contributed by atoms with van der Waals surface area (Å²) in [4.78, 5) is 12.4. The van der Waals surface area contributed by atoms with Crippen LogP contribution in [0.2, 0.25) is 0 Å². The maximum absolute atomic E-state index is 13.4. The first-order valence-corrected chi connectivity index (χ1v) is 6.10. The van der Waals surface area contributed by atoms with Crippen molar-refractivity contribution in [2.45, 2.75) is 24.7 Å². The monoisotopic (exact) mass is 287 g/mol. The second-order valence-corrected chi connectivity index (χ2v) is 4.69. The molecule has 1 heterocycles. The van der Waals surface area contributed by atoms with Crippen LogP contribution in [0.5, 0.6) is 0 Å². The van der Waals surface area contributed by atoms with Crippen molar-refractivity contribution in [3.63, 3.8) is 0 Å². The number of β-amino-alcohol motifs (C(OH)–C–C–N with tert-alkyl or cyclic N) is 1. The summed E-state index contributed by atoms with van der Waals surface area (Å²) in [5, 5.41) is 18.5. The van der Waals surface area contributed by atoms with E-state index in [9.17, 15) is 18.7 Å². The Morgan fingerprint density at radius 3 is 2.60 bits per heavy atom. The molecule has 1 aromatic carbocycles.